The van der Waals surface area contributed by atoms with E-state index in [-0.39, 0.29) is 17.6 Å². The number of nitrogens with one attached hydrogen (secondary N) is 2. The van der Waals surface area contributed by atoms with E-state index in [1.54, 1.807) is 29.2 Å². The lowest BCUT2D eigenvalue weighted by Crippen LogP contribution is -2.51. The molecule has 1 saturated heterocycles. The Morgan fingerprint density at radius 2 is 1.55 bits per heavy atom. The number of urea groups is 1. The van der Waals surface area contributed by atoms with Gasteiger partial charge in [-0.1, -0.05) is 24.3 Å². The van der Waals surface area contributed by atoms with E-state index >= 15 is 0 Å². The van der Waals surface area contributed by atoms with Crippen molar-refractivity contribution in [2.45, 2.75) is 12.3 Å². The zero-order chi connectivity index (χ0) is 20.9. The summed E-state index contributed by atoms with van der Waals surface area (Å²) >= 11 is 0. The number of hydrogen-bond donors (Lipinski definition) is 2. The number of nitrogens with zero attached hydrogens (tertiary/aromatic N) is 2. The molecule has 1 aliphatic heterocycles. The van der Waals surface area contributed by atoms with Gasteiger partial charge in [0.05, 0.1) is 5.75 Å². The number of piperazine rings is 1. The molecule has 7 nitrogen and oxygen atoms in total. The van der Waals surface area contributed by atoms with Crippen molar-refractivity contribution >= 4 is 21.7 Å². The number of hydrogen-bond acceptors (Lipinski definition) is 4. The molecule has 0 radical (unpaired) electrons. The van der Waals surface area contributed by atoms with Crippen LogP contribution in [0, 0.1) is 5.82 Å². The molecule has 2 N–H and O–H groups in total. The normalized spacial score (nSPS) is 14.7. The lowest BCUT2D eigenvalue weighted by Gasteiger charge is -2.36. The molecule has 3 rings (SSSR count). The van der Waals surface area contributed by atoms with Crippen LogP contribution in [-0.4, -0.2) is 52.6 Å². The molecule has 0 aromatic heterocycles. The first-order chi connectivity index (χ1) is 13.9. The van der Waals surface area contributed by atoms with Gasteiger partial charge >= 0.3 is 6.03 Å². The summed E-state index contributed by atoms with van der Waals surface area (Å²) in [7, 11) is -1.91. The maximum atomic E-state index is 13.0. The fraction of sp³-hybridized carbons (Fsp3) is 0.350. The lowest BCUT2D eigenvalue weighted by molar-refractivity contribution is 0.194. The molecule has 2 aromatic carbocycles. The topological polar surface area (TPSA) is 81.8 Å². The first-order valence-electron chi connectivity index (χ1n) is 9.38. The summed E-state index contributed by atoms with van der Waals surface area (Å²) in [6, 6.07) is 13.4. The van der Waals surface area contributed by atoms with E-state index < -0.39 is 10.0 Å². The second kappa shape index (κ2) is 9.23. The number of rotatable bonds is 6. The molecule has 0 unspecified atom stereocenters. The van der Waals surface area contributed by atoms with Crippen LogP contribution >= 0.6 is 0 Å². The van der Waals surface area contributed by atoms with Crippen LogP contribution in [0.1, 0.15) is 11.1 Å². The average Bonchev–Trinajstić information content (AvgIpc) is 2.73. The number of carbonyl (C=O) groups excluding carboxylic acids is 1. The highest BCUT2D eigenvalue weighted by Crippen LogP contribution is 2.17. The van der Waals surface area contributed by atoms with E-state index in [1.165, 1.54) is 19.2 Å². The molecule has 9 heteroatoms. The Kier molecular flexibility index (Phi) is 6.71. The Morgan fingerprint density at radius 3 is 2.14 bits per heavy atom. The van der Waals surface area contributed by atoms with Gasteiger partial charge in [-0.05, 0) is 42.4 Å². The maximum Gasteiger partial charge on any atom is 0.317 e. The number of carbonyl (C=O) groups is 1. The summed E-state index contributed by atoms with van der Waals surface area (Å²) in [5.41, 5.74) is 2.53. The van der Waals surface area contributed by atoms with Gasteiger partial charge in [0, 0.05) is 38.4 Å². The summed E-state index contributed by atoms with van der Waals surface area (Å²) < 4.78 is 38.5. The van der Waals surface area contributed by atoms with Crippen molar-refractivity contribution in [2.75, 3.05) is 38.1 Å². The molecule has 0 atom stereocenters. The summed E-state index contributed by atoms with van der Waals surface area (Å²) in [4.78, 5) is 16.3. The van der Waals surface area contributed by atoms with Gasteiger partial charge in [-0.25, -0.2) is 22.3 Å². The third-order valence-electron chi connectivity index (χ3n) is 4.89. The third-order valence-corrected chi connectivity index (χ3v) is 6.23. The Hall–Kier alpha value is -2.65. The van der Waals surface area contributed by atoms with Gasteiger partial charge in [0.2, 0.25) is 10.0 Å². The van der Waals surface area contributed by atoms with Crippen LogP contribution < -0.4 is 14.9 Å². The zero-order valence-electron chi connectivity index (χ0n) is 16.3. The second-order valence-corrected chi connectivity index (χ2v) is 8.82. The summed E-state index contributed by atoms with van der Waals surface area (Å²) in [6.45, 7) is 2.92. The predicted octanol–water partition coefficient (Wildman–Crippen LogP) is 1.91. The van der Waals surface area contributed by atoms with Gasteiger partial charge in [0.15, 0.2) is 0 Å². The van der Waals surface area contributed by atoms with Gasteiger partial charge in [-0.15, -0.1) is 0 Å². The number of sulfonamides is 1. The minimum absolute atomic E-state index is 0.0749. The van der Waals surface area contributed by atoms with E-state index in [1.807, 2.05) is 12.1 Å². The first-order valence-corrected chi connectivity index (χ1v) is 11.0. The molecule has 0 spiro atoms. The quantitative estimate of drug-likeness (QED) is 0.748. The molecule has 1 heterocycles. The largest absolute Gasteiger partial charge is 0.368 e. The molecule has 0 aliphatic carbocycles. The average molecular weight is 421 g/mol. The van der Waals surface area contributed by atoms with Crippen LogP contribution in [0.15, 0.2) is 48.5 Å². The van der Waals surface area contributed by atoms with Crippen molar-refractivity contribution in [3.05, 3.63) is 65.5 Å². The molecule has 0 saturated carbocycles. The SMILES string of the molecule is CNS(=O)(=O)Cc1ccc(CNC(=O)N2CCN(c3ccc(F)cc3)CC2)cc1. The Morgan fingerprint density at radius 1 is 0.966 bits per heavy atom. The molecular weight excluding hydrogens is 395 g/mol. The number of halogens is 1. The number of benzene rings is 2. The van der Waals surface area contributed by atoms with Crippen molar-refractivity contribution in [3.63, 3.8) is 0 Å². The number of anilines is 1. The highest BCUT2D eigenvalue weighted by molar-refractivity contribution is 7.88. The molecule has 2 amide bonds. The monoisotopic (exact) mass is 420 g/mol. The molecule has 0 bridgehead atoms. The van der Waals surface area contributed by atoms with Gasteiger partial charge < -0.3 is 15.1 Å². The minimum atomic E-state index is -3.30. The van der Waals surface area contributed by atoms with Gasteiger partial charge in [0.25, 0.3) is 0 Å². The Balaban J connectivity index is 1.46. The highest BCUT2D eigenvalue weighted by atomic mass is 32.2. The van der Waals surface area contributed by atoms with Gasteiger partial charge in [-0.3, -0.25) is 0 Å². The molecule has 2 aromatic rings. The molecule has 29 heavy (non-hydrogen) atoms. The second-order valence-electron chi connectivity index (χ2n) is 6.89. The van der Waals surface area contributed by atoms with E-state index in [0.717, 1.165) is 11.3 Å². The summed E-state index contributed by atoms with van der Waals surface area (Å²) in [6.07, 6.45) is 0. The van der Waals surface area contributed by atoms with Crippen molar-refractivity contribution < 1.29 is 17.6 Å². The standard InChI is InChI=1S/C20H25FN4O3S/c1-22-29(27,28)15-17-4-2-16(3-5-17)14-23-20(26)25-12-10-24(11-13-25)19-8-6-18(21)7-9-19/h2-9,22H,10-15H2,1H3,(H,23,26). The van der Waals surface area contributed by atoms with Crippen molar-refractivity contribution in [1.29, 1.82) is 0 Å². The molecule has 1 fully saturated rings. The van der Waals surface area contributed by atoms with Crippen LogP contribution in [0.2, 0.25) is 0 Å². The van der Waals surface area contributed by atoms with E-state index in [4.69, 9.17) is 0 Å². The summed E-state index contributed by atoms with van der Waals surface area (Å²) in [5, 5.41) is 2.90. The van der Waals surface area contributed by atoms with Crippen LogP contribution in [0.4, 0.5) is 14.9 Å². The van der Waals surface area contributed by atoms with E-state index in [2.05, 4.69) is 14.9 Å². The summed E-state index contributed by atoms with van der Waals surface area (Å²) in [5.74, 6) is -0.336. The Bertz CT molecular complexity index is 925. The molecule has 1 aliphatic rings. The number of amides is 2. The lowest BCUT2D eigenvalue weighted by atomic mass is 10.1. The fourth-order valence-corrected chi connectivity index (χ4v) is 3.93. The predicted molar refractivity (Wildman–Crippen MR) is 111 cm³/mol. The van der Waals surface area contributed by atoms with Gasteiger partial charge in [-0.2, -0.15) is 0 Å². The maximum absolute atomic E-state index is 13.0. The van der Waals surface area contributed by atoms with Gasteiger partial charge in [0.1, 0.15) is 5.82 Å². The minimum Gasteiger partial charge on any atom is -0.368 e. The van der Waals surface area contributed by atoms with Crippen LogP contribution in [0.5, 0.6) is 0 Å². The first kappa shape index (κ1) is 21.1. The van der Waals surface area contributed by atoms with Crippen LogP contribution in [0.3, 0.4) is 0 Å². The highest BCUT2D eigenvalue weighted by Gasteiger charge is 2.21. The van der Waals surface area contributed by atoms with Crippen LogP contribution in [-0.2, 0) is 22.3 Å². The van der Waals surface area contributed by atoms with Crippen molar-refractivity contribution in [2.24, 2.45) is 0 Å². The Labute approximate surface area is 170 Å². The van der Waals surface area contributed by atoms with E-state index in [9.17, 15) is 17.6 Å². The molecule has 156 valence electrons. The molecular formula is C20H25FN4O3S. The third kappa shape index (κ3) is 5.91. The van der Waals surface area contributed by atoms with Crippen LogP contribution in [0.25, 0.3) is 0 Å². The van der Waals surface area contributed by atoms with Crippen molar-refractivity contribution in [3.8, 4) is 0 Å². The van der Waals surface area contributed by atoms with Crippen molar-refractivity contribution in [1.82, 2.24) is 14.9 Å². The fourth-order valence-electron chi connectivity index (χ4n) is 3.15. The smallest absolute Gasteiger partial charge is 0.317 e. The zero-order valence-corrected chi connectivity index (χ0v) is 17.1. The van der Waals surface area contributed by atoms with E-state index in [0.29, 0.717) is 38.3 Å².